The fraction of sp³-hybridized carbons (Fsp3) is 0.538. The summed E-state index contributed by atoms with van der Waals surface area (Å²) in [6.07, 6.45) is -1.90. The molecule has 1 fully saturated rings. The molecule has 1 N–H and O–H groups in total. The molecule has 1 aliphatic carbocycles. The van der Waals surface area contributed by atoms with Crippen LogP contribution in [0.4, 0.5) is 17.6 Å². The molecule has 0 heterocycles. The van der Waals surface area contributed by atoms with Crippen molar-refractivity contribution in [3.05, 3.63) is 35.4 Å². The maximum absolute atomic E-state index is 13.4. The predicted octanol–water partition coefficient (Wildman–Crippen LogP) is 3.30. The van der Waals surface area contributed by atoms with Gasteiger partial charge in [0.1, 0.15) is 11.6 Å². The molecule has 100 valence electrons. The molecular weight excluding hydrogens is 248 g/mol. The van der Waals surface area contributed by atoms with Crippen molar-refractivity contribution in [2.45, 2.75) is 37.7 Å². The normalized spacial score (nSPS) is 24.2. The van der Waals surface area contributed by atoms with Crippen LogP contribution in [-0.2, 0) is 6.42 Å². The summed E-state index contributed by atoms with van der Waals surface area (Å²) in [5.41, 5.74) is -0.236. The van der Waals surface area contributed by atoms with E-state index in [0.717, 1.165) is 12.1 Å². The van der Waals surface area contributed by atoms with Gasteiger partial charge in [-0.3, -0.25) is 0 Å². The fourth-order valence-corrected chi connectivity index (χ4v) is 2.42. The summed E-state index contributed by atoms with van der Waals surface area (Å²) >= 11 is 0. The molecule has 1 aliphatic rings. The molecule has 18 heavy (non-hydrogen) atoms. The van der Waals surface area contributed by atoms with Gasteiger partial charge in [0, 0.05) is 24.8 Å². The van der Waals surface area contributed by atoms with E-state index in [0.29, 0.717) is 0 Å². The number of rotatable bonds is 3. The molecule has 0 aliphatic heterocycles. The van der Waals surface area contributed by atoms with Gasteiger partial charge in [0.2, 0.25) is 5.92 Å². The molecule has 1 saturated carbocycles. The fourth-order valence-electron chi connectivity index (χ4n) is 2.42. The highest BCUT2D eigenvalue weighted by Gasteiger charge is 2.42. The molecule has 0 spiro atoms. The minimum Gasteiger partial charge on any atom is -0.392 e. The van der Waals surface area contributed by atoms with Gasteiger partial charge in [-0.05, 0) is 24.5 Å². The third kappa shape index (κ3) is 2.83. The molecule has 5 heteroatoms. The largest absolute Gasteiger partial charge is 0.392 e. The van der Waals surface area contributed by atoms with Gasteiger partial charge in [-0.2, -0.15) is 0 Å². The third-order valence-electron chi connectivity index (χ3n) is 3.46. The van der Waals surface area contributed by atoms with Crippen molar-refractivity contribution < 1.29 is 22.7 Å². The van der Waals surface area contributed by atoms with Gasteiger partial charge >= 0.3 is 0 Å². The number of hydrogen-bond acceptors (Lipinski definition) is 1. The highest BCUT2D eigenvalue weighted by molar-refractivity contribution is 5.20. The van der Waals surface area contributed by atoms with Crippen LogP contribution in [0.5, 0.6) is 0 Å². The maximum atomic E-state index is 13.4. The van der Waals surface area contributed by atoms with Gasteiger partial charge in [0.25, 0.3) is 0 Å². The summed E-state index contributed by atoms with van der Waals surface area (Å²) in [6.45, 7) is 0. The Hall–Kier alpha value is -1.10. The van der Waals surface area contributed by atoms with E-state index in [4.69, 9.17) is 0 Å². The standard InChI is InChI=1S/C13H14F4O/c14-10-2-1-3-11(15)9(10)6-12(18)8-4-5-13(16,17)7-8/h1-3,8,12,18H,4-7H2. The van der Waals surface area contributed by atoms with Crippen molar-refractivity contribution in [3.8, 4) is 0 Å². The van der Waals surface area contributed by atoms with Crippen LogP contribution in [0.15, 0.2) is 18.2 Å². The molecule has 2 atom stereocenters. The molecule has 1 aromatic rings. The molecule has 2 rings (SSSR count). The minimum atomic E-state index is -2.76. The second-order valence-electron chi connectivity index (χ2n) is 4.83. The van der Waals surface area contributed by atoms with E-state index >= 15 is 0 Å². The summed E-state index contributed by atoms with van der Waals surface area (Å²) in [4.78, 5) is 0. The summed E-state index contributed by atoms with van der Waals surface area (Å²) < 4.78 is 52.7. The molecule has 0 saturated heterocycles. The highest BCUT2D eigenvalue weighted by Crippen LogP contribution is 2.41. The average Bonchev–Trinajstić information content (AvgIpc) is 2.64. The Morgan fingerprint density at radius 1 is 1.28 bits per heavy atom. The molecule has 0 bridgehead atoms. The van der Waals surface area contributed by atoms with Crippen molar-refractivity contribution in [2.24, 2.45) is 5.92 Å². The third-order valence-corrected chi connectivity index (χ3v) is 3.46. The number of halogens is 4. The van der Waals surface area contributed by atoms with Crippen LogP contribution in [0.3, 0.4) is 0 Å². The van der Waals surface area contributed by atoms with Crippen LogP contribution >= 0.6 is 0 Å². The Kier molecular flexibility index (Phi) is 3.61. The second kappa shape index (κ2) is 4.88. The van der Waals surface area contributed by atoms with Crippen LogP contribution in [0.25, 0.3) is 0 Å². The van der Waals surface area contributed by atoms with Crippen LogP contribution in [-0.4, -0.2) is 17.1 Å². The Morgan fingerprint density at radius 2 is 1.89 bits per heavy atom. The number of aliphatic hydroxyl groups excluding tert-OH is 1. The zero-order chi connectivity index (χ0) is 13.3. The van der Waals surface area contributed by atoms with E-state index < -0.39 is 36.0 Å². The van der Waals surface area contributed by atoms with Gasteiger partial charge in [0.15, 0.2) is 0 Å². The molecule has 1 aromatic carbocycles. The topological polar surface area (TPSA) is 20.2 Å². The lowest BCUT2D eigenvalue weighted by Crippen LogP contribution is -2.23. The molecule has 0 amide bonds. The first-order chi connectivity index (χ1) is 8.39. The lowest BCUT2D eigenvalue weighted by atomic mass is 9.94. The first-order valence-electron chi connectivity index (χ1n) is 5.88. The zero-order valence-electron chi connectivity index (χ0n) is 9.67. The van der Waals surface area contributed by atoms with E-state index in [9.17, 15) is 22.7 Å². The Morgan fingerprint density at radius 3 is 2.39 bits per heavy atom. The molecule has 2 unspecified atom stereocenters. The summed E-state index contributed by atoms with van der Waals surface area (Å²) in [5.74, 6) is -4.86. The monoisotopic (exact) mass is 262 g/mol. The average molecular weight is 262 g/mol. The van der Waals surface area contributed by atoms with E-state index in [2.05, 4.69) is 0 Å². The van der Waals surface area contributed by atoms with Gasteiger partial charge < -0.3 is 5.11 Å². The number of alkyl halides is 2. The van der Waals surface area contributed by atoms with Crippen LogP contribution < -0.4 is 0 Å². The smallest absolute Gasteiger partial charge is 0.248 e. The van der Waals surface area contributed by atoms with Crippen molar-refractivity contribution >= 4 is 0 Å². The predicted molar refractivity (Wildman–Crippen MR) is 58.4 cm³/mol. The number of benzene rings is 1. The van der Waals surface area contributed by atoms with Crippen molar-refractivity contribution in [2.75, 3.05) is 0 Å². The quantitative estimate of drug-likeness (QED) is 0.829. The summed E-state index contributed by atoms with van der Waals surface area (Å²) in [7, 11) is 0. The van der Waals surface area contributed by atoms with Gasteiger partial charge in [0.05, 0.1) is 6.10 Å². The maximum Gasteiger partial charge on any atom is 0.248 e. The van der Waals surface area contributed by atoms with Crippen molar-refractivity contribution in [1.29, 1.82) is 0 Å². The summed E-state index contributed by atoms with van der Waals surface area (Å²) in [5, 5.41) is 9.82. The van der Waals surface area contributed by atoms with Crippen molar-refractivity contribution in [3.63, 3.8) is 0 Å². The number of aliphatic hydroxyl groups is 1. The lowest BCUT2D eigenvalue weighted by molar-refractivity contribution is -0.00491. The first-order valence-corrected chi connectivity index (χ1v) is 5.88. The molecular formula is C13H14F4O. The molecule has 0 radical (unpaired) electrons. The number of hydrogen-bond donors (Lipinski definition) is 1. The molecule has 1 nitrogen and oxygen atoms in total. The minimum absolute atomic E-state index is 0.185. The summed E-state index contributed by atoms with van der Waals surface area (Å²) in [6, 6.07) is 3.41. The van der Waals surface area contributed by atoms with Gasteiger partial charge in [-0.1, -0.05) is 6.07 Å². The van der Waals surface area contributed by atoms with E-state index in [1.807, 2.05) is 0 Å². The van der Waals surface area contributed by atoms with Crippen LogP contribution in [0.1, 0.15) is 24.8 Å². The van der Waals surface area contributed by atoms with E-state index in [-0.39, 0.29) is 24.8 Å². The first kappa shape index (κ1) is 13.3. The Balaban J connectivity index is 2.06. The van der Waals surface area contributed by atoms with Crippen LogP contribution in [0.2, 0.25) is 0 Å². The SMILES string of the molecule is OC(Cc1c(F)cccc1F)C1CCC(F)(F)C1. The van der Waals surface area contributed by atoms with E-state index in [1.54, 1.807) is 0 Å². The van der Waals surface area contributed by atoms with Crippen molar-refractivity contribution in [1.82, 2.24) is 0 Å². The van der Waals surface area contributed by atoms with Crippen LogP contribution in [0, 0.1) is 17.6 Å². The molecule has 0 aromatic heterocycles. The lowest BCUT2D eigenvalue weighted by Gasteiger charge is -2.18. The van der Waals surface area contributed by atoms with E-state index in [1.165, 1.54) is 6.07 Å². The van der Waals surface area contributed by atoms with Gasteiger partial charge in [-0.15, -0.1) is 0 Å². The Labute approximate surface area is 102 Å². The zero-order valence-corrected chi connectivity index (χ0v) is 9.67. The van der Waals surface area contributed by atoms with Gasteiger partial charge in [-0.25, -0.2) is 17.6 Å². The second-order valence-corrected chi connectivity index (χ2v) is 4.83. The highest BCUT2D eigenvalue weighted by atomic mass is 19.3. The Bertz CT molecular complexity index is 413.